The molecular formula is C41H40F5N3O3S. The number of amides is 1. The first-order chi connectivity index (χ1) is 32.5. The van der Waals surface area contributed by atoms with Crippen LogP contribution in [0.15, 0.2) is 107 Å². The Labute approximate surface area is 335 Å². The maximum atomic E-state index is 15.8. The summed E-state index contributed by atoms with van der Waals surface area (Å²) in [6.07, 6.45) is -13.9. The van der Waals surface area contributed by atoms with Gasteiger partial charge in [0, 0.05) is 71.7 Å². The topological polar surface area (TPSA) is 54.8 Å². The lowest BCUT2D eigenvalue weighted by Gasteiger charge is -2.42. The van der Waals surface area contributed by atoms with Gasteiger partial charge in [0.05, 0.1) is 38.3 Å². The number of pyridine rings is 1. The number of hydrogen-bond acceptors (Lipinski definition) is 5. The summed E-state index contributed by atoms with van der Waals surface area (Å²) in [5.74, 6) is -5.64. The number of likely N-dealkylation sites (tertiary alicyclic amines) is 1. The molecule has 6 rings (SSSR count). The number of thioether (sulfide) groups is 1. The Kier molecular flexibility index (Phi) is 6.54. The summed E-state index contributed by atoms with van der Waals surface area (Å²) in [4.78, 5) is 28.2. The quantitative estimate of drug-likeness (QED) is 0.0938. The highest BCUT2D eigenvalue weighted by Crippen LogP contribution is 2.34. The van der Waals surface area contributed by atoms with Crippen molar-refractivity contribution in [2.45, 2.75) is 55.1 Å². The van der Waals surface area contributed by atoms with E-state index in [1.807, 2.05) is 0 Å². The zero-order chi connectivity index (χ0) is 54.6. The molecule has 0 N–H and O–H groups in total. The number of carbonyl (C=O) groups excluding carboxylic acids is 1. The molecule has 0 bridgehead atoms. The fourth-order valence-corrected chi connectivity index (χ4v) is 5.92. The van der Waals surface area contributed by atoms with Crippen molar-refractivity contribution in [2.75, 3.05) is 33.1 Å². The van der Waals surface area contributed by atoms with Crippen LogP contribution in [0.1, 0.15) is 68.4 Å². The second kappa shape index (κ2) is 16.7. The van der Waals surface area contributed by atoms with Crippen molar-refractivity contribution in [3.8, 4) is 11.1 Å². The summed E-state index contributed by atoms with van der Waals surface area (Å²) >= 11 is -0.164. The molecule has 1 amide bonds. The Balaban J connectivity index is 1.66. The average molecular weight is 769 g/mol. The van der Waals surface area contributed by atoms with E-state index in [4.69, 9.17) is 15.1 Å². The monoisotopic (exact) mass is 768 g/mol. The number of para-hydroxylation sites is 1. The highest BCUT2D eigenvalue weighted by molar-refractivity contribution is 7.98. The SMILES string of the molecule is [2H]C([2H])([2H])OCC([2H])([2H])N1C([2H])([2H])C([2H])([2H])C([2H])(N(C(=O)C([2H])([2H])n2c(SC([2H])([2H])c3cccc(F)c3F)cc(=O)c3ccccc32)C([2H])(C)c2ccc(-c3ccc(C(F)(F)F)cc3)cc2)C([2H])([2H])C1([2H])[2H]. The number of piperidine rings is 1. The largest absolute Gasteiger partial charge is 0.416 e. The number of benzene rings is 4. The maximum absolute atomic E-state index is 15.8. The molecule has 53 heavy (non-hydrogen) atoms. The third-order valence-corrected chi connectivity index (χ3v) is 8.62. The van der Waals surface area contributed by atoms with E-state index >= 15 is 9.18 Å². The zero-order valence-corrected chi connectivity index (χ0v) is 28.1. The molecule has 0 spiro atoms. The minimum absolute atomic E-state index is 0.121. The molecule has 1 saturated heterocycles. The van der Waals surface area contributed by atoms with Crippen LogP contribution in [0.5, 0.6) is 0 Å². The second-order valence-corrected chi connectivity index (χ2v) is 11.9. The van der Waals surface area contributed by atoms with Crippen LogP contribution in [0.25, 0.3) is 22.0 Å². The Hall–Kier alpha value is -4.52. The van der Waals surface area contributed by atoms with Crippen molar-refractivity contribution in [2.24, 2.45) is 0 Å². The third-order valence-electron chi connectivity index (χ3n) is 7.79. The molecule has 1 aliphatic heterocycles. The molecule has 1 aliphatic rings. The predicted molar refractivity (Wildman–Crippen MR) is 198 cm³/mol. The number of carbonyl (C=O) groups is 1. The van der Waals surface area contributed by atoms with Crippen molar-refractivity contribution in [1.82, 2.24) is 14.4 Å². The molecule has 0 radical (unpaired) electrons. The van der Waals surface area contributed by atoms with E-state index in [-0.39, 0.29) is 27.5 Å². The number of fused-ring (bicyclic) bond motifs is 1. The highest BCUT2D eigenvalue weighted by atomic mass is 32.2. The lowest BCUT2D eigenvalue weighted by molar-refractivity contribution is -0.138. The van der Waals surface area contributed by atoms with Gasteiger partial charge >= 0.3 is 6.18 Å². The standard InChI is InChI=1S/C41H40F5N3O3S/c1-27(28-10-12-29(13-11-28)30-14-16-32(17-15-30)41(44,45)46)49(33-18-20-47(21-19-33)22-23-52-2)38(51)25-48-36-9-4-3-7-34(36)37(50)24-39(48)53-26-31-6-5-8-35(42)40(31)43/h3-17,24,27,33H,18-23,25-26H2,1-2H3/i2D3,18D2,19D2,20D2,21D2,22D2,25D2,26D2,27D,33D. The fraction of sp³-hybridized carbons (Fsp3) is 0.317. The van der Waals surface area contributed by atoms with E-state index in [0.717, 1.165) is 72.8 Å². The van der Waals surface area contributed by atoms with Gasteiger partial charge in [-0.1, -0.05) is 60.7 Å². The van der Waals surface area contributed by atoms with E-state index in [2.05, 4.69) is 4.74 Å². The number of alkyl halides is 3. The lowest BCUT2D eigenvalue weighted by Crippen LogP contribution is -2.49. The first kappa shape index (κ1) is 20.8. The normalized spacial score (nSPS) is 26.1. The van der Waals surface area contributed by atoms with Gasteiger partial charge in [-0.05, 0) is 66.7 Å². The summed E-state index contributed by atoms with van der Waals surface area (Å²) < 4.78 is 244. The fourth-order valence-electron chi connectivity index (χ4n) is 5.15. The number of hydrogen-bond donors (Lipinski definition) is 0. The van der Waals surface area contributed by atoms with E-state index in [1.54, 1.807) is 0 Å². The number of rotatable bonds is 12. The van der Waals surface area contributed by atoms with Crippen LogP contribution in [0.3, 0.4) is 0 Å². The molecule has 0 saturated carbocycles. The van der Waals surface area contributed by atoms with Crippen LogP contribution in [-0.2, 0) is 27.9 Å². The van der Waals surface area contributed by atoms with Crippen molar-refractivity contribution in [1.29, 1.82) is 0 Å². The van der Waals surface area contributed by atoms with Gasteiger partial charge in [0.25, 0.3) is 0 Å². The van der Waals surface area contributed by atoms with Crippen LogP contribution in [0.4, 0.5) is 22.0 Å². The number of ether oxygens (including phenoxy) is 1. The Bertz CT molecular complexity index is 2930. The molecule has 1 unspecified atom stereocenters. The van der Waals surface area contributed by atoms with Crippen molar-refractivity contribution >= 4 is 28.6 Å². The van der Waals surface area contributed by atoms with E-state index in [0.29, 0.717) is 19.1 Å². The summed E-state index contributed by atoms with van der Waals surface area (Å²) in [6.45, 7) is -18.0. The summed E-state index contributed by atoms with van der Waals surface area (Å²) in [5, 5.41) is -1.32. The average Bonchev–Trinajstić information content (AvgIpc) is 3.25. The number of aromatic nitrogens is 1. The van der Waals surface area contributed by atoms with E-state index in [1.165, 1.54) is 12.1 Å². The van der Waals surface area contributed by atoms with Crippen LogP contribution in [0.2, 0.25) is 0 Å². The lowest BCUT2D eigenvalue weighted by atomic mass is 9.96. The molecule has 1 aromatic heterocycles. The molecule has 4 aromatic carbocycles. The Morgan fingerprint density at radius 2 is 1.72 bits per heavy atom. The molecule has 2 heterocycles. The second-order valence-electron chi connectivity index (χ2n) is 11.1. The smallest absolute Gasteiger partial charge is 0.383 e. The van der Waals surface area contributed by atoms with Crippen LogP contribution < -0.4 is 5.43 Å². The molecule has 12 heteroatoms. The highest BCUT2D eigenvalue weighted by Gasteiger charge is 2.33. The van der Waals surface area contributed by atoms with Gasteiger partial charge in [-0.3, -0.25) is 9.59 Å². The van der Waals surface area contributed by atoms with Gasteiger partial charge in [0.2, 0.25) is 5.91 Å². The zero-order valence-electron chi connectivity index (χ0n) is 46.3. The number of halogens is 5. The van der Waals surface area contributed by atoms with Gasteiger partial charge in [0.1, 0.15) is 6.50 Å². The van der Waals surface area contributed by atoms with Crippen molar-refractivity contribution in [3.63, 3.8) is 0 Å². The van der Waals surface area contributed by atoms with Crippen LogP contribution in [0, 0.1) is 11.6 Å². The maximum Gasteiger partial charge on any atom is 0.416 e. The minimum Gasteiger partial charge on any atom is -0.383 e. The number of methoxy groups -OCH3 is 1. The molecule has 0 aliphatic carbocycles. The van der Waals surface area contributed by atoms with Crippen LogP contribution >= 0.6 is 11.8 Å². The van der Waals surface area contributed by atoms with Crippen LogP contribution in [-0.4, -0.2) is 59.4 Å². The first-order valence-electron chi connectivity index (χ1n) is 24.9. The number of nitrogens with zero attached hydrogens (tertiary/aromatic N) is 3. The van der Waals surface area contributed by atoms with Gasteiger partial charge < -0.3 is 19.1 Å². The summed E-state index contributed by atoms with van der Waals surface area (Å²) in [5.41, 5.74) is -7.10. The van der Waals surface area contributed by atoms with Crippen molar-refractivity contribution in [3.05, 3.63) is 136 Å². The molecule has 278 valence electrons. The first-order valence-corrected chi connectivity index (χ1v) is 16.2. The molecule has 5 aromatic rings. The van der Waals surface area contributed by atoms with Gasteiger partial charge in [-0.25, -0.2) is 8.78 Å². The summed E-state index contributed by atoms with van der Waals surface area (Å²) in [6, 6.07) is 7.41. The molecular weight excluding hydrogens is 710 g/mol. The predicted octanol–water partition coefficient (Wildman–Crippen LogP) is 8.96. The van der Waals surface area contributed by atoms with Gasteiger partial charge in [-0.2, -0.15) is 13.2 Å². The molecule has 1 atom stereocenters. The Morgan fingerprint density at radius 1 is 1.04 bits per heavy atom. The van der Waals surface area contributed by atoms with E-state index < -0.39 is 142 Å². The third kappa shape index (κ3) is 8.83. The van der Waals surface area contributed by atoms with Gasteiger partial charge in [-0.15, -0.1) is 11.8 Å². The minimum atomic E-state index is -4.72. The molecule has 6 nitrogen and oxygen atoms in total. The molecule has 1 fully saturated rings. The van der Waals surface area contributed by atoms with Gasteiger partial charge in [0.15, 0.2) is 17.1 Å². The summed E-state index contributed by atoms with van der Waals surface area (Å²) in [7, 11) is -3.45. The van der Waals surface area contributed by atoms with Crippen molar-refractivity contribution < 1.29 is 57.5 Å². The Morgan fingerprint density at radius 3 is 2.40 bits per heavy atom. The van der Waals surface area contributed by atoms with E-state index in [9.17, 15) is 33.3 Å².